The molecule has 5 aromatic carbocycles. The summed E-state index contributed by atoms with van der Waals surface area (Å²) in [5.74, 6) is 0. The summed E-state index contributed by atoms with van der Waals surface area (Å²) in [6.07, 6.45) is 0. The quantitative estimate of drug-likeness (QED) is 0.239. The van der Waals surface area contributed by atoms with E-state index in [0.29, 0.717) is 4.59 Å². The second-order valence-corrected chi connectivity index (χ2v) is 7.35. The van der Waals surface area contributed by atoms with Crippen LogP contribution < -0.4 is 10.0 Å². The summed E-state index contributed by atoms with van der Waals surface area (Å²) in [6.45, 7) is 0. The number of hydrogen-bond acceptors (Lipinski definition) is 1. The summed E-state index contributed by atoms with van der Waals surface area (Å²) in [4.78, 5) is 0. The van der Waals surface area contributed by atoms with Crippen LogP contribution in [0.15, 0.2) is 133 Å². The average molecular weight is 388 g/mol. The van der Waals surface area contributed by atoms with Crippen molar-refractivity contribution in [3.63, 3.8) is 0 Å². The molecule has 0 aliphatic carbocycles. The molecule has 30 heavy (non-hydrogen) atoms. The van der Waals surface area contributed by atoms with E-state index < -0.39 is 0 Å². The van der Waals surface area contributed by atoms with Crippen LogP contribution in [0.2, 0.25) is 0 Å². The van der Waals surface area contributed by atoms with E-state index in [2.05, 4.69) is 139 Å². The van der Waals surface area contributed by atoms with Crippen LogP contribution in [0.1, 0.15) is 0 Å². The van der Waals surface area contributed by atoms with Gasteiger partial charge in [0.1, 0.15) is 0 Å². The number of quaternary nitrogens is 1. The zero-order valence-corrected chi connectivity index (χ0v) is 16.6. The van der Waals surface area contributed by atoms with Crippen LogP contribution in [0.3, 0.4) is 0 Å². The van der Waals surface area contributed by atoms with Gasteiger partial charge in [-0.1, -0.05) is 84.9 Å². The van der Waals surface area contributed by atoms with Gasteiger partial charge in [-0.2, -0.15) is 0 Å². The van der Waals surface area contributed by atoms with Gasteiger partial charge in [-0.05, 0) is 22.9 Å². The number of benzene rings is 5. The molecule has 2 heteroatoms. The smallest absolute Gasteiger partial charge is 0.167 e. The van der Waals surface area contributed by atoms with Crippen LogP contribution in [0, 0.1) is 0 Å². The van der Waals surface area contributed by atoms with Crippen molar-refractivity contribution in [2.75, 3.05) is 5.43 Å². The molecule has 0 aliphatic heterocycles. The molecule has 0 heterocycles. The molecular weight excluding hydrogens is 364 g/mol. The van der Waals surface area contributed by atoms with Gasteiger partial charge in [-0.25, -0.2) is 5.43 Å². The number of hydrogen-bond donors (Lipinski definition) is 1. The lowest BCUT2D eigenvalue weighted by molar-refractivity contribution is 0.614. The highest BCUT2D eigenvalue weighted by Gasteiger charge is 2.37. The second kappa shape index (κ2) is 7.86. The summed E-state index contributed by atoms with van der Waals surface area (Å²) in [5, 5.41) is 2.45. The lowest BCUT2D eigenvalue weighted by Crippen LogP contribution is -2.44. The Morgan fingerprint density at radius 3 is 1.33 bits per heavy atom. The summed E-state index contributed by atoms with van der Waals surface area (Å²) < 4.78 is 0.390. The molecule has 0 amide bonds. The third-order valence-electron chi connectivity index (χ3n) is 5.48. The van der Waals surface area contributed by atoms with E-state index >= 15 is 0 Å². The van der Waals surface area contributed by atoms with Crippen molar-refractivity contribution in [3.05, 3.63) is 133 Å². The molecule has 0 spiro atoms. The first kappa shape index (κ1) is 18.2. The third kappa shape index (κ3) is 3.24. The van der Waals surface area contributed by atoms with E-state index in [9.17, 15) is 0 Å². The first-order valence-corrected chi connectivity index (χ1v) is 10.2. The van der Waals surface area contributed by atoms with Crippen molar-refractivity contribution in [2.24, 2.45) is 0 Å². The Balaban J connectivity index is 1.76. The van der Waals surface area contributed by atoms with Gasteiger partial charge in [0.15, 0.2) is 17.1 Å². The number of anilines is 1. The summed E-state index contributed by atoms with van der Waals surface area (Å²) >= 11 is 0. The lowest BCUT2D eigenvalue weighted by Gasteiger charge is -2.37. The molecule has 144 valence electrons. The highest BCUT2D eigenvalue weighted by atomic mass is 15.7. The zero-order chi connectivity index (χ0) is 20.2. The van der Waals surface area contributed by atoms with Crippen molar-refractivity contribution < 1.29 is 0 Å². The minimum absolute atomic E-state index is 0.390. The maximum atomic E-state index is 3.87. The van der Waals surface area contributed by atoms with Crippen LogP contribution in [0.4, 0.5) is 22.7 Å². The van der Waals surface area contributed by atoms with Crippen LogP contribution in [-0.4, -0.2) is 0 Å². The molecular formula is C28H23N2+. The molecule has 0 atom stereocenters. The maximum absolute atomic E-state index is 3.87. The van der Waals surface area contributed by atoms with Gasteiger partial charge < -0.3 is 0 Å². The van der Waals surface area contributed by atoms with Gasteiger partial charge in [0.05, 0.1) is 5.69 Å². The van der Waals surface area contributed by atoms with Crippen LogP contribution in [0.25, 0.3) is 10.8 Å². The largest absolute Gasteiger partial charge is 0.221 e. The Morgan fingerprint density at radius 2 is 0.833 bits per heavy atom. The van der Waals surface area contributed by atoms with Crippen LogP contribution in [-0.2, 0) is 0 Å². The molecule has 2 nitrogen and oxygen atoms in total. The first-order chi connectivity index (χ1) is 14.9. The standard InChI is InChI=1S/C28H23N2/c1-4-14-26(15-5-1)30(27-16-6-2-7-17-27,28-18-8-3-9-19-28)29-25-21-20-23-12-10-11-13-24(23)22-25/h1-22,29H/q+1. The SMILES string of the molecule is c1ccc([N+](Nc2ccc3ccccc3c2)(c2ccccc2)c2ccccc2)cc1. The zero-order valence-electron chi connectivity index (χ0n) is 16.6. The highest BCUT2D eigenvalue weighted by Crippen LogP contribution is 2.43. The molecule has 5 rings (SSSR count). The minimum atomic E-state index is 0.390. The molecule has 0 saturated carbocycles. The molecule has 0 aliphatic rings. The van der Waals surface area contributed by atoms with Crippen molar-refractivity contribution in [1.82, 2.24) is 4.59 Å². The van der Waals surface area contributed by atoms with Crippen molar-refractivity contribution in [2.45, 2.75) is 0 Å². The monoisotopic (exact) mass is 387 g/mol. The van der Waals surface area contributed by atoms with E-state index in [1.165, 1.54) is 10.8 Å². The van der Waals surface area contributed by atoms with Crippen molar-refractivity contribution in [3.8, 4) is 0 Å². The Bertz CT molecular complexity index is 1150. The fourth-order valence-electron chi connectivity index (χ4n) is 4.05. The Labute approximate surface area is 177 Å². The van der Waals surface area contributed by atoms with E-state index in [1.54, 1.807) is 0 Å². The Hall–Kier alpha value is -3.88. The van der Waals surface area contributed by atoms with Gasteiger partial charge in [0, 0.05) is 36.4 Å². The van der Waals surface area contributed by atoms with E-state index in [-0.39, 0.29) is 0 Å². The van der Waals surface area contributed by atoms with E-state index in [4.69, 9.17) is 0 Å². The average Bonchev–Trinajstić information content (AvgIpc) is 2.84. The Kier molecular flexibility index (Phi) is 4.76. The fraction of sp³-hybridized carbons (Fsp3) is 0. The Morgan fingerprint density at radius 1 is 0.400 bits per heavy atom. The third-order valence-corrected chi connectivity index (χ3v) is 5.48. The van der Waals surface area contributed by atoms with Crippen LogP contribution in [0.5, 0.6) is 0 Å². The summed E-state index contributed by atoms with van der Waals surface area (Å²) in [7, 11) is 0. The van der Waals surface area contributed by atoms with Gasteiger partial charge in [-0.15, -0.1) is 4.59 Å². The van der Waals surface area contributed by atoms with E-state index in [0.717, 1.165) is 22.7 Å². The van der Waals surface area contributed by atoms with Gasteiger partial charge in [-0.3, -0.25) is 0 Å². The number of para-hydroxylation sites is 3. The molecule has 0 fully saturated rings. The minimum Gasteiger partial charge on any atom is -0.221 e. The lowest BCUT2D eigenvalue weighted by atomic mass is 10.1. The molecule has 0 aromatic heterocycles. The topological polar surface area (TPSA) is 12.0 Å². The van der Waals surface area contributed by atoms with Gasteiger partial charge in [0.2, 0.25) is 0 Å². The van der Waals surface area contributed by atoms with Crippen molar-refractivity contribution >= 4 is 33.5 Å². The predicted molar refractivity (Wildman–Crippen MR) is 128 cm³/mol. The number of rotatable bonds is 5. The highest BCUT2D eigenvalue weighted by molar-refractivity contribution is 5.86. The van der Waals surface area contributed by atoms with E-state index in [1.807, 2.05) is 0 Å². The molecule has 1 N–H and O–H groups in total. The predicted octanol–water partition coefficient (Wildman–Crippen LogP) is 7.84. The number of nitrogens with zero attached hydrogens (tertiary/aromatic N) is 1. The molecule has 0 unspecified atom stereocenters. The molecule has 5 aromatic rings. The molecule has 0 bridgehead atoms. The normalized spacial score (nSPS) is 11.3. The maximum Gasteiger partial charge on any atom is 0.167 e. The molecule has 0 saturated heterocycles. The molecule has 0 radical (unpaired) electrons. The second-order valence-electron chi connectivity index (χ2n) is 7.35. The van der Waals surface area contributed by atoms with Gasteiger partial charge in [0.25, 0.3) is 0 Å². The number of nitrogens with one attached hydrogen (secondary N) is 1. The summed E-state index contributed by atoms with van der Waals surface area (Å²) in [5.41, 5.74) is 8.36. The van der Waals surface area contributed by atoms with Crippen molar-refractivity contribution in [1.29, 1.82) is 0 Å². The fourth-order valence-corrected chi connectivity index (χ4v) is 4.05. The number of fused-ring (bicyclic) bond motifs is 1. The first-order valence-electron chi connectivity index (χ1n) is 10.2. The van der Waals surface area contributed by atoms with Gasteiger partial charge >= 0.3 is 0 Å². The summed E-state index contributed by atoms with van der Waals surface area (Å²) in [6, 6.07) is 46.8. The van der Waals surface area contributed by atoms with Crippen LogP contribution >= 0.6 is 0 Å².